The molecule has 2 N–H and O–H groups in total. The van der Waals surface area contributed by atoms with Crippen LogP contribution in [0.3, 0.4) is 0 Å². The molecular formula is C18H15Cl2N3O3. The lowest BCUT2D eigenvalue weighted by atomic mass is 10.2. The van der Waals surface area contributed by atoms with E-state index in [4.69, 9.17) is 23.2 Å². The molecule has 0 bridgehead atoms. The van der Waals surface area contributed by atoms with Crippen molar-refractivity contribution in [1.82, 2.24) is 0 Å². The summed E-state index contributed by atoms with van der Waals surface area (Å²) in [7, 11) is 0. The molecule has 1 aliphatic heterocycles. The molecule has 0 aromatic heterocycles. The smallest absolute Gasteiger partial charge is 0.256 e. The molecule has 1 atom stereocenters. The average Bonchev–Trinajstić information content (AvgIpc) is 2.84. The summed E-state index contributed by atoms with van der Waals surface area (Å²) in [6.07, 6.45) is -0.00790. The maximum absolute atomic E-state index is 12.7. The second-order valence-electron chi connectivity index (χ2n) is 5.80. The van der Waals surface area contributed by atoms with Gasteiger partial charge in [0.15, 0.2) is 0 Å². The van der Waals surface area contributed by atoms with Gasteiger partial charge in [0.1, 0.15) is 6.04 Å². The third-order valence-electron chi connectivity index (χ3n) is 3.84. The van der Waals surface area contributed by atoms with Crippen LogP contribution >= 0.6 is 23.2 Å². The average molecular weight is 392 g/mol. The standard InChI is InChI=1S/C18H15Cl2N3O3/c1-10(24)21-11-4-2-5-12(8-11)22-14-9-16(25)23(18(14)26)15-7-3-6-13(19)17(15)20/h2-8,14,22H,9H2,1H3,(H,21,24). The Labute approximate surface area is 160 Å². The Balaban J connectivity index is 1.81. The fourth-order valence-corrected chi connectivity index (χ4v) is 3.13. The Hall–Kier alpha value is -2.57. The van der Waals surface area contributed by atoms with Crippen LogP contribution < -0.4 is 15.5 Å². The number of carbonyl (C=O) groups excluding carboxylic acids is 3. The molecule has 2 aromatic carbocycles. The first kappa shape index (κ1) is 18.2. The molecule has 1 aliphatic rings. The van der Waals surface area contributed by atoms with Crippen molar-refractivity contribution in [2.24, 2.45) is 0 Å². The minimum absolute atomic E-state index is 0.00790. The summed E-state index contributed by atoms with van der Waals surface area (Å²) in [5.74, 6) is -0.977. The van der Waals surface area contributed by atoms with Crippen molar-refractivity contribution in [3.05, 3.63) is 52.5 Å². The third-order valence-corrected chi connectivity index (χ3v) is 4.65. The number of anilines is 3. The number of benzene rings is 2. The van der Waals surface area contributed by atoms with E-state index in [2.05, 4.69) is 10.6 Å². The van der Waals surface area contributed by atoms with Crippen LogP contribution in [0, 0.1) is 0 Å². The second-order valence-corrected chi connectivity index (χ2v) is 6.59. The van der Waals surface area contributed by atoms with E-state index in [0.717, 1.165) is 4.90 Å². The maximum atomic E-state index is 12.7. The van der Waals surface area contributed by atoms with Gasteiger partial charge in [-0.05, 0) is 30.3 Å². The van der Waals surface area contributed by atoms with Crippen LogP contribution in [0.4, 0.5) is 17.1 Å². The first-order valence-corrected chi connectivity index (χ1v) is 8.57. The van der Waals surface area contributed by atoms with E-state index < -0.39 is 11.9 Å². The molecule has 1 unspecified atom stereocenters. The normalized spacial score (nSPS) is 16.7. The predicted molar refractivity (Wildman–Crippen MR) is 102 cm³/mol. The Morgan fingerprint density at radius 3 is 2.54 bits per heavy atom. The van der Waals surface area contributed by atoms with Crippen molar-refractivity contribution in [2.45, 2.75) is 19.4 Å². The van der Waals surface area contributed by atoms with Gasteiger partial charge in [0.25, 0.3) is 5.91 Å². The molecule has 0 saturated carbocycles. The summed E-state index contributed by atoms with van der Waals surface area (Å²) >= 11 is 12.1. The molecule has 134 valence electrons. The zero-order valence-corrected chi connectivity index (χ0v) is 15.3. The summed E-state index contributed by atoms with van der Waals surface area (Å²) in [6.45, 7) is 1.41. The van der Waals surface area contributed by atoms with Gasteiger partial charge in [-0.3, -0.25) is 14.4 Å². The van der Waals surface area contributed by atoms with Crippen LogP contribution in [0.25, 0.3) is 0 Å². The van der Waals surface area contributed by atoms with Gasteiger partial charge in [-0.25, -0.2) is 4.90 Å². The van der Waals surface area contributed by atoms with E-state index in [0.29, 0.717) is 11.4 Å². The summed E-state index contributed by atoms with van der Waals surface area (Å²) in [5.41, 5.74) is 1.47. The SMILES string of the molecule is CC(=O)Nc1cccc(NC2CC(=O)N(c3cccc(Cl)c3Cl)C2=O)c1. The van der Waals surface area contributed by atoms with Gasteiger partial charge in [-0.2, -0.15) is 0 Å². The molecular weight excluding hydrogens is 377 g/mol. The number of rotatable bonds is 4. The lowest BCUT2D eigenvalue weighted by Gasteiger charge is -2.18. The Morgan fingerprint density at radius 2 is 1.81 bits per heavy atom. The van der Waals surface area contributed by atoms with Gasteiger partial charge in [-0.15, -0.1) is 0 Å². The van der Waals surface area contributed by atoms with Gasteiger partial charge < -0.3 is 10.6 Å². The Bertz CT molecular complexity index is 901. The van der Waals surface area contributed by atoms with E-state index in [-0.39, 0.29) is 34.0 Å². The van der Waals surface area contributed by atoms with Crippen LogP contribution in [0.1, 0.15) is 13.3 Å². The van der Waals surface area contributed by atoms with Crippen LogP contribution in [0.2, 0.25) is 10.0 Å². The van der Waals surface area contributed by atoms with E-state index >= 15 is 0 Å². The molecule has 0 spiro atoms. The van der Waals surface area contributed by atoms with Gasteiger partial charge in [-0.1, -0.05) is 35.3 Å². The van der Waals surface area contributed by atoms with Crippen molar-refractivity contribution in [3.8, 4) is 0 Å². The first-order valence-electron chi connectivity index (χ1n) is 7.82. The van der Waals surface area contributed by atoms with Crippen molar-refractivity contribution in [3.63, 3.8) is 0 Å². The largest absolute Gasteiger partial charge is 0.373 e. The molecule has 1 saturated heterocycles. The van der Waals surface area contributed by atoms with Crippen molar-refractivity contribution >= 4 is 58.0 Å². The van der Waals surface area contributed by atoms with E-state index in [1.54, 1.807) is 42.5 Å². The number of nitrogens with zero attached hydrogens (tertiary/aromatic N) is 1. The molecule has 8 heteroatoms. The maximum Gasteiger partial charge on any atom is 0.256 e. The van der Waals surface area contributed by atoms with Crippen molar-refractivity contribution in [2.75, 3.05) is 15.5 Å². The second kappa shape index (κ2) is 7.35. The molecule has 1 heterocycles. The van der Waals surface area contributed by atoms with Crippen molar-refractivity contribution in [1.29, 1.82) is 0 Å². The van der Waals surface area contributed by atoms with Crippen LogP contribution in [0.15, 0.2) is 42.5 Å². The molecule has 6 nitrogen and oxygen atoms in total. The highest BCUT2D eigenvalue weighted by Crippen LogP contribution is 2.35. The quantitative estimate of drug-likeness (QED) is 0.778. The predicted octanol–water partition coefficient (Wildman–Crippen LogP) is 3.70. The first-order chi connectivity index (χ1) is 12.4. The lowest BCUT2D eigenvalue weighted by molar-refractivity contribution is -0.121. The third kappa shape index (κ3) is 3.66. The molecule has 26 heavy (non-hydrogen) atoms. The number of hydrogen-bond acceptors (Lipinski definition) is 4. The summed E-state index contributed by atoms with van der Waals surface area (Å²) < 4.78 is 0. The number of nitrogens with one attached hydrogen (secondary N) is 2. The number of imide groups is 1. The highest BCUT2D eigenvalue weighted by Gasteiger charge is 2.40. The Kier molecular flexibility index (Phi) is 5.15. The number of hydrogen-bond donors (Lipinski definition) is 2. The molecule has 0 aliphatic carbocycles. The topological polar surface area (TPSA) is 78.5 Å². The Morgan fingerprint density at radius 1 is 1.12 bits per heavy atom. The van der Waals surface area contributed by atoms with E-state index in [9.17, 15) is 14.4 Å². The highest BCUT2D eigenvalue weighted by atomic mass is 35.5. The molecule has 2 aromatic rings. The zero-order valence-electron chi connectivity index (χ0n) is 13.8. The minimum atomic E-state index is -0.731. The fourth-order valence-electron chi connectivity index (χ4n) is 2.75. The van der Waals surface area contributed by atoms with Crippen LogP contribution in [-0.2, 0) is 14.4 Å². The summed E-state index contributed by atoms with van der Waals surface area (Å²) in [4.78, 5) is 37.3. The molecule has 3 rings (SSSR count). The summed E-state index contributed by atoms with van der Waals surface area (Å²) in [6, 6.07) is 11.0. The van der Waals surface area contributed by atoms with Crippen LogP contribution in [0.5, 0.6) is 0 Å². The molecule has 3 amide bonds. The number of carbonyl (C=O) groups is 3. The van der Waals surface area contributed by atoms with E-state index in [1.807, 2.05) is 0 Å². The monoisotopic (exact) mass is 391 g/mol. The van der Waals surface area contributed by atoms with E-state index in [1.165, 1.54) is 6.92 Å². The number of amides is 3. The van der Waals surface area contributed by atoms with Gasteiger partial charge in [0.05, 0.1) is 22.2 Å². The van der Waals surface area contributed by atoms with Crippen LogP contribution in [-0.4, -0.2) is 23.8 Å². The number of halogens is 2. The summed E-state index contributed by atoms with van der Waals surface area (Å²) in [5, 5.41) is 6.12. The molecule has 1 fully saturated rings. The van der Waals surface area contributed by atoms with Gasteiger partial charge in [0.2, 0.25) is 11.8 Å². The fraction of sp³-hybridized carbons (Fsp3) is 0.167. The molecule has 0 radical (unpaired) electrons. The highest BCUT2D eigenvalue weighted by molar-refractivity contribution is 6.45. The zero-order chi connectivity index (χ0) is 18.8. The van der Waals surface area contributed by atoms with Crippen molar-refractivity contribution < 1.29 is 14.4 Å². The van der Waals surface area contributed by atoms with Gasteiger partial charge in [0, 0.05) is 18.3 Å². The lowest BCUT2D eigenvalue weighted by Crippen LogP contribution is -2.35. The minimum Gasteiger partial charge on any atom is -0.373 e. The van der Waals surface area contributed by atoms with Gasteiger partial charge >= 0.3 is 0 Å².